The molecule has 0 aromatic carbocycles. The molecule has 1 aliphatic rings. The molecule has 1 N–H and O–H groups in total. The van der Waals surface area contributed by atoms with Gasteiger partial charge in [0.15, 0.2) is 11.7 Å². The SMILES string of the molecule is COC(=O)O.FC1=C(F)C1F. The van der Waals surface area contributed by atoms with Crippen LogP contribution in [-0.4, -0.2) is 24.5 Å². The molecular weight excluding hydrogens is 165 g/mol. The fourth-order valence-electron chi connectivity index (χ4n) is 0.148. The van der Waals surface area contributed by atoms with Crippen molar-refractivity contribution in [2.75, 3.05) is 7.11 Å². The van der Waals surface area contributed by atoms with E-state index in [1.54, 1.807) is 0 Å². The summed E-state index contributed by atoms with van der Waals surface area (Å²) >= 11 is 0. The Labute approximate surface area is 60.1 Å². The van der Waals surface area contributed by atoms with Gasteiger partial charge in [0.2, 0.25) is 6.17 Å². The molecular formula is C5H5F3O3. The van der Waals surface area contributed by atoms with Crippen molar-refractivity contribution in [3.05, 3.63) is 11.7 Å². The Kier molecular flexibility index (Phi) is 3.43. The molecule has 6 heteroatoms. The lowest BCUT2D eigenvalue weighted by Gasteiger charge is -1.79. The van der Waals surface area contributed by atoms with Crippen molar-refractivity contribution < 1.29 is 27.8 Å². The van der Waals surface area contributed by atoms with Crippen molar-refractivity contribution in [2.24, 2.45) is 0 Å². The van der Waals surface area contributed by atoms with Crippen LogP contribution in [0.3, 0.4) is 0 Å². The van der Waals surface area contributed by atoms with E-state index in [0.29, 0.717) is 0 Å². The fraction of sp³-hybridized carbons (Fsp3) is 0.400. The Morgan fingerprint density at radius 1 is 1.55 bits per heavy atom. The zero-order chi connectivity index (χ0) is 9.02. The summed E-state index contributed by atoms with van der Waals surface area (Å²) in [6.07, 6.45) is -3.23. The Morgan fingerprint density at radius 2 is 1.73 bits per heavy atom. The second-order valence-electron chi connectivity index (χ2n) is 1.53. The quantitative estimate of drug-likeness (QED) is 0.564. The average molecular weight is 170 g/mol. The van der Waals surface area contributed by atoms with Gasteiger partial charge in [-0.15, -0.1) is 0 Å². The summed E-state index contributed by atoms with van der Waals surface area (Å²) < 4.78 is 36.8. The van der Waals surface area contributed by atoms with Crippen LogP contribution in [0.5, 0.6) is 0 Å². The highest BCUT2D eigenvalue weighted by molar-refractivity contribution is 5.56. The number of hydrogen-bond acceptors (Lipinski definition) is 2. The van der Waals surface area contributed by atoms with Gasteiger partial charge in [-0.1, -0.05) is 0 Å². The van der Waals surface area contributed by atoms with Crippen LogP contribution < -0.4 is 0 Å². The van der Waals surface area contributed by atoms with Gasteiger partial charge < -0.3 is 9.84 Å². The van der Waals surface area contributed by atoms with Gasteiger partial charge in [-0.3, -0.25) is 0 Å². The Bertz CT molecular complexity index is 177. The van der Waals surface area contributed by atoms with E-state index in [4.69, 9.17) is 9.90 Å². The molecule has 0 radical (unpaired) electrons. The van der Waals surface area contributed by atoms with Crippen molar-refractivity contribution >= 4 is 6.16 Å². The Morgan fingerprint density at radius 3 is 1.73 bits per heavy atom. The van der Waals surface area contributed by atoms with Gasteiger partial charge in [-0.2, -0.15) is 0 Å². The third-order valence-electron chi connectivity index (χ3n) is 0.764. The monoisotopic (exact) mass is 170 g/mol. The largest absolute Gasteiger partial charge is 0.505 e. The number of halogens is 3. The highest BCUT2D eigenvalue weighted by atomic mass is 19.2. The van der Waals surface area contributed by atoms with Gasteiger partial charge in [-0.05, 0) is 0 Å². The molecule has 64 valence electrons. The van der Waals surface area contributed by atoms with E-state index in [-0.39, 0.29) is 0 Å². The molecule has 0 bridgehead atoms. The van der Waals surface area contributed by atoms with E-state index in [1.165, 1.54) is 0 Å². The maximum Gasteiger partial charge on any atom is 0.505 e. The lowest BCUT2D eigenvalue weighted by atomic mass is 10.8. The number of hydrogen-bond donors (Lipinski definition) is 1. The number of rotatable bonds is 0. The molecule has 0 saturated carbocycles. The summed E-state index contributed by atoms with van der Waals surface area (Å²) in [5.74, 6) is -2.48. The Balaban J connectivity index is 0.000000187. The Hall–Kier alpha value is -1.20. The first-order valence-corrected chi connectivity index (χ1v) is 2.46. The zero-order valence-electron chi connectivity index (χ0n) is 5.47. The molecule has 0 spiro atoms. The first-order chi connectivity index (χ1) is 5.00. The number of allylic oxidation sites excluding steroid dienone is 2. The standard InChI is InChI=1S/C3HF3.C2H4O3/c4-1-2(5)3(1)6;1-5-2(3)4/h1H;1H3,(H,3,4). The third-order valence-corrected chi connectivity index (χ3v) is 0.764. The molecule has 3 nitrogen and oxygen atoms in total. The molecule has 0 aromatic heterocycles. The molecule has 0 amide bonds. The van der Waals surface area contributed by atoms with Gasteiger partial charge in [0.1, 0.15) is 0 Å². The van der Waals surface area contributed by atoms with Crippen LogP contribution in [0.1, 0.15) is 0 Å². The summed E-state index contributed by atoms with van der Waals surface area (Å²) in [5.41, 5.74) is 0. The highest BCUT2D eigenvalue weighted by Crippen LogP contribution is 2.36. The zero-order valence-corrected chi connectivity index (χ0v) is 5.47. The summed E-state index contributed by atoms with van der Waals surface area (Å²) in [6, 6.07) is 0. The van der Waals surface area contributed by atoms with Crippen molar-refractivity contribution in [1.29, 1.82) is 0 Å². The minimum atomic E-state index is -1.98. The van der Waals surface area contributed by atoms with Crippen LogP contribution in [0.2, 0.25) is 0 Å². The number of carbonyl (C=O) groups is 1. The lowest BCUT2D eigenvalue weighted by Crippen LogP contribution is -1.91. The molecule has 0 aromatic rings. The fourth-order valence-corrected chi connectivity index (χ4v) is 0.148. The number of alkyl halides is 1. The van der Waals surface area contributed by atoms with E-state index in [0.717, 1.165) is 7.11 Å². The van der Waals surface area contributed by atoms with Crippen LogP contribution in [0.4, 0.5) is 18.0 Å². The smallest absolute Gasteiger partial charge is 0.450 e. The number of methoxy groups -OCH3 is 1. The van der Waals surface area contributed by atoms with E-state index < -0.39 is 24.0 Å². The normalized spacial score (nSPS) is 15.3. The highest BCUT2D eigenvalue weighted by Gasteiger charge is 2.39. The predicted molar refractivity (Wildman–Crippen MR) is 29.2 cm³/mol. The third kappa shape index (κ3) is 3.49. The molecule has 1 aliphatic carbocycles. The van der Waals surface area contributed by atoms with Gasteiger partial charge >= 0.3 is 6.16 Å². The van der Waals surface area contributed by atoms with Crippen LogP contribution in [0.15, 0.2) is 11.7 Å². The first kappa shape index (κ1) is 9.80. The van der Waals surface area contributed by atoms with E-state index in [9.17, 15) is 13.2 Å². The molecule has 11 heavy (non-hydrogen) atoms. The van der Waals surface area contributed by atoms with E-state index in [2.05, 4.69) is 4.74 Å². The second-order valence-corrected chi connectivity index (χ2v) is 1.53. The summed E-state index contributed by atoms with van der Waals surface area (Å²) in [6.45, 7) is 0. The summed E-state index contributed by atoms with van der Waals surface area (Å²) in [5, 5.41) is 7.50. The van der Waals surface area contributed by atoms with Gasteiger partial charge in [0.05, 0.1) is 7.11 Å². The molecule has 0 heterocycles. The molecule has 0 aliphatic heterocycles. The van der Waals surface area contributed by atoms with Gasteiger partial charge in [0.25, 0.3) is 0 Å². The van der Waals surface area contributed by atoms with Crippen LogP contribution >= 0.6 is 0 Å². The minimum absolute atomic E-state index is 1.10. The summed E-state index contributed by atoms with van der Waals surface area (Å²) in [7, 11) is 1.10. The number of ether oxygens (including phenoxy) is 1. The van der Waals surface area contributed by atoms with Gasteiger partial charge in [-0.25, -0.2) is 18.0 Å². The first-order valence-electron chi connectivity index (χ1n) is 2.46. The molecule has 0 fully saturated rings. The average Bonchev–Trinajstić information content (AvgIpc) is 2.47. The molecule has 0 atom stereocenters. The van der Waals surface area contributed by atoms with E-state index >= 15 is 0 Å². The van der Waals surface area contributed by atoms with Crippen molar-refractivity contribution in [1.82, 2.24) is 0 Å². The summed E-state index contributed by atoms with van der Waals surface area (Å²) in [4.78, 5) is 9.15. The van der Waals surface area contributed by atoms with Crippen LogP contribution in [-0.2, 0) is 4.74 Å². The maximum atomic E-state index is 11.1. The van der Waals surface area contributed by atoms with Crippen LogP contribution in [0, 0.1) is 0 Å². The van der Waals surface area contributed by atoms with Crippen molar-refractivity contribution in [3.8, 4) is 0 Å². The van der Waals surface area contributed by atoms with Crippen molar-refractivity contribution in [2.45, 2.75) is 6.17 Å². The molecule has 0 unspecified atom stereocenters. The van der Waals surface area contributed by atoms with Crippen LogP contribution in [0.25, 0.3) is 0 Å². The maximum absolute atomic E-state index is 11.1. The van der Waals surface area contributed by atoms with Gasteiger partial charge in [0, 0.05) is 0 Å². The molecule has 0 saturated heterocycles. The number of carboxylic acid groups (broad SMARTS) is 1. The lowest BCUT2D eigenvalue weighted by molar-refractivity contribution is 0.114. The topological polar surface area (TPSA) is 46.5 Å². The minimum Gasteiger partial charge on any atom is -0.450 e. The predicted octanol–water partition coefficient (Wildman–Crippen LogP) is 1.80. The van der Waals surface area contributed by atoms with E-state index in [1.807, 2.05) is 0 Å². The second kappa shape index (κ2) is 3.85. The van der Waals surface area contributed by atoms with Crippen molar-refractivity contribution in [3.63, 3.8) is 0 Å². The molecule has 1 rings (SSSR count).